The third-order valence-electron chi connectivity index (χ3n) is 6.37. The van der Waals surface area contributed by atoms with Gasteiger partial charge in [-0.3, -0.25) is 5.10 Å². The van der Waals surface area contributed by atoms with E-state index in [1.807, 2.05) is 30.9 Å². The fraction of sp³-hybridized carbons (Fsp3) is 0.375. The van der Waals surface area contributed by atoms with Crippen LogP contribution in [0.15, 0.2) is 42.9 Å². The van der Waals surface area contributed by atoms with Gasteiger partial charge >= 0.3 is 0 Å². The Labute approximate surface area is 219 Å². The average molecular weight is 541 g/mol. The molecule has 14 heteroatoms. The first-order valence-corrected chi connectivity index (χ1v) is 13.8. The molecule has 0 bridgehead atoms. The van der Waals surface area contributed by atoms with Gasteiger partial charge in [0.15, 0.2) is 17.5 Å². The number of nitrogens with one attached hydrogen (secondary N) is 3. The molecule has 0 aromatic carbocycles. The highest BCUT2D eigenvalue weighted by atomic mass is 32.2. The number of nitrogens with zero attached hydrogens (tertiary/aromatic N) is 7. The minimum atomic E-state index is -3.59. The van der Waals surface area contributed by atoms with Crippen LogP contribution in [-0.2, 0) is 10.0 Å². The predicted octanol–water partition coefficient (Wildman–Crippen LogP) is 2.93. The minimum absolute atomic E-state index is 0.441. The van der Waals surface area contributed by atoms with Crippen LogP contribution in [0.4, 0.5) is 22.0 Å². The molecule has 1 fully saturated rings. The van der Waals surface area contributed by atoms with Crippen LogP contribution in [0.2, 0.25) is 0 Å². The number of anilines is 3. The van der Waals surface area contributed by atoms with Gasteiger partial charge in [0.05, 0.1) is 17.6 Å². The van der Waals surface area contributed by atoms with Gasteiger partial charge in [0.1, 0.15) is 5.82 Å². The quantitative estimate of drug-likeness (QED) is 0.307. The van der Waals surface area contributed by atoms with Crippen LogP contribution in [0, 0.1) is 19.7 Å². The maximum Gasteiger partial charge on any atom is 0.227 e. The summed E-state index contributed by atoms with van der Waals surface area (Å²) < 4.78 is 43.6. The number of aromatic amines is 1. The molecule has 3 N–H and O–H groups in total. The van der Waals surface area contributed by atoms with Gasteiger partial charge < -0.3 is 10.2 Å². The Bertz CT molecular complexity index is 1510. The lowest BCUT2D eigenvalue weighted by Crippen LogP contribution is -2.44. The first-order valence-electron chi connectivity index (χ1n) is 12.2. The Morgan fingerprint density at radius 3 is 2.53 bits per heavy atom. The SMILES string of the molecule is Cc1cc(Nc2cc(C)[nH]n2)nc(N2CCC(S(=O)(=O)N[C@@H](C)c3ccc(-n4cc(F)cn4)nc3)CC2)n1. The molecule has 1 aliphatic heterocycles. The van der Waals surface area contributed by atoms with Gasteiger partial charge in [-0.2, -0.15) is 15.2 Å². The number of hydrogen-bond acceptors (Lipinski definition) is 9. The predicted molar refractivity (Wildman–Crippen MR) is 140 cm³/mol. The van der Waals surface area contributed by atoms with Crippen LogP contribution in [0.5, 0.6) is 0 Å². The molecule has 0 amide bonds. The van der Waals surface area contributed by atoms with E-state index in [1.54, 1.807) is 25.3 Å². The molecule has 1 atom stereocenters. The molecule has 1 aliphatic rings. The molecule has 12 nitrogen and oxygen atoms in total. The number of rotatable bonds is 8. The van der Waals surface area contributed by atoms with Gasteiger partial charge in [-0.15, -0.1) is 0 Å². The lowest BCUT2D eigenvalue weighted by molar-refractivity contribution is 0.508. The van der Waals surface area contributed by atoms with E-state index in [0.29, 0.717) is 54.9 Å². The van der Waals surface area contributed by atoms with E-state index in [4.69, 9.17) is 0 Å². The zero-order valence-corrected chi connectivity index (χ0v) is 22.1. The van der Waals surface area contributed by atoms with E-state index >= 15 is 0 Å². The van der Waals surface area contributed by atoms with Crippen molar-refractivity contribution in [1.29, 1.82) is 0 Å². The van der Waals surface area contributed by atoms with E-state index in [1.165, 1.54) is 10.9 Å². The summed E-state index contributed by atoms with van der Waals surface area (Å²) in [6.45, 7) is 6.61. The fourth-order valence-corrected chi connectivity index (χ4v) is 6.02. The second kappa shape index (κ2) is 10.5. The second-order valence-corrected chi connectivity index (χ2v) is 11.4. The van der Waals surface area contributed by atoms with Crippen LogP contribution in [-0.4, -0.2) is 61.7 Å². The molecule has 4 aromatic rings. The lowest BCUT2D eigenvalue weighted by Gasteiger charge is -2.32. The Hall–Kier alpha value is -3.91. The van der Waals surface area contributed by atoms with Crippen molar-refractivity contribution in [3.63, 3.8) is 0 Å². The number of pyridine rings is 1. The van der Waals surface area contributed by atoms with Crippen molar-refractivity contribution in [1.82, 2.24) is 39.7 Å². The topological polar surface area (TPSA) is 147 Å². The Morgan fingerprint density at radius 2 is 1.89 bits per heavy atom. The van der Waals surface area contributed by atoms with Gasteiger partial charge in [0.2, 0.25) is 16.0 Å². The summed E-state index contributed by atoms with van der Waals surface area (Å²) >= 11 is 0. The number of halogens is 1. The Balaban J connectivity index is 1.20. The number of aryl methyl sites for hydroxylation is 2. The summed E-state index contributed by atoms with van der Waals surface area (Å²) in [5.74, 6) is 1.83. The summed E-state index contributed by atoms with van der Waals surface area (Å²) in [5.41, 5.74) is 2.43. The van der Waals surface area contributed by atoms with Crippen LogP contribution in [0.25, 0.3) is 5.82 Å². The van der Waals surface area contributed by atoms with Gasteiger partial charge in [-0.1, -0.05) is 6.07 Å². The molecule has 5 heterocycles. The van der Waals surface area contributed by atoms with E-state index < -0.39 is 27.1 Å². The lowest BCUT2D eigenvalue weighted by atomic mass is 10.1. The molecule has 0 aliphatic carbocycles. The fourth-order valence-electron chi connectivity index (χ4n) is 4.36. The van der Waals surface area contributed by atoms with Gasteiger partial charge in [-0.05, 0) is 45.2 Å². The summed E-state index contributed by atoms with van der Waals surface area (Å²) in [6, 6.07) is 6.66. The smallest absolute Gasteiger partial charge is 0.227 e. The molecular formula is C24H29FN10O2S. The van der Waals surface area contributed by atoms with E-state index in [2.05, 4.69) is 40.3 Å². The molecule has 0 saturated carbocycles. The zero-order valence-electron chi connectivity index (χ0n) is 21.3. The number of hydrogen-bond donors (Lipinski definition) is 3. The van der Waals surface area contributed by atoms with Crippen LogP contribution in [0.3, 0.4) is 0 Å². The van der Waals surface area contributed by atoms with Crippen LogP contribution >= 0.6 is 0 Å². The largest absolute Gasteiger partial charge is 0.341 e. The molecule has 5 rings (SSSR count). The van der Waals surface area contributed by atoms with Crippen molar-refractivity contribution >= 4 is 27.6 Å². The third-order valence-corrected chi connectivity index (χ3v) is 8.40. The van der Waals surface area contributed by atoms with Crippen molar-refractivity contribution in [2.75, 3.05) is 23.3 Å². The number of H-pyrrole nitrogens is 1. The third kappa shape index (κ3) is 5.81. The van der Waals surface area contributed by atoms with Gasteiger partial charge in [0.25, 0.3) is 0 Å². The van der Waals surface area contributed by atoms with E-state index in [-0.39, 0.29) is 0 Å². The monoisotopic (exact) mass is 540 g/mol. The zero-order chi connectivity index (χ0) is 26.9. The van der Waals surface area contributed by atoms with Crippen LogP contribution in [0.1, 0.15) is 42.8 Å². The molecular weight excluding hydrogens is 511 g/mol. The maximum absolute atomic E-state index is 13.2. The first-order chi connectivity index (χ1) is 18.2. The van der Waals surface area contributed by atoms with Gasteiger partial charge in [0, 0.05) is 48.8 Å². The molecule has 38 heavy (non-hydrogen) atoms. The molecule has 0 unspecified atom stereocenters. The van der Waals surface area contributed by atoms with E-state index in [9.17, 15) is 12.8 Å². The highest BCUT2D eigenvalue weighted by Gasteiger charge is 2.32. The number of piperidine rings is 1. The molecule has 0 radical (unpaired) electrons. The van der Waals surface area contributed by atoms with Crippen molar-refractivity contribution < 1.29 is 12.8 Å². The summed E-state index contributed by atoms with van der Waals surface area (Å²) in [6.07, 6.45) is 4.78. The normalized spacial score (nSPS) is 15.5. The Kier molecular flexibility index (Phi) is 7.08. The summed E-state index contributed by atoms with van der Waals surface area (Å²) in [4.78, 5) is 15.5. The standard InChI is InChI=1S/C24H29FN10O2S/c1-15-10-21(29-22-11-16(2)31-32-22)30-24(28-15)34-8-6-20(7-9-34)38(36,37)33-17(3)18-4-5-23(26-12-18)35-14-19(25)13-27-35/h4-5,10-14,17,20,33H,6-9H2,1-3H3,(H2,28,29,30,31,32)/t17-/m0/s1. The second-order valence-electron chi connectivity index (χ2n) is 9.38. The van der Waals surface area contributed by atoms with Crippen molar-refractivity contribution in [3.05, 3.63) is 65.6 Å². The number of sulfonamides is 1. The summed E-state index contributed by atoms with van der Waals surface area (Å²) in [7, 11) is -3.59. The van der Waals surface area contributed by atoms with Crippen LogP contribution < -0.4 is 14.9 Å². The van der Waals surface area contributed by atoms with Crippen molar-refractivity contribution in [3.8, 4) is 5.82 Å². The molecule has 200 valence electrons. The molecule has 1 saturated heterocycles. The van der Waals surface area contributed by atoms with Gasteiger partial charge in [-0.25, -0.2) is 32.2 Å². The highest BCUT2D eigenvalue weighted by molar-refractivity contribution is 7.90. The summed E-state index contributed by atoms with van der Waals surface area (Å²) in [5, 5.41) is 13.6. The van der Waals surface area contributed by atoms with Crippen molar-refractivity contribution in [2.45, 2.75) is 44.9 Å². The Morgan fingerprint density at radius 1 is 1.11 bits per heavy atom. The minimum Gasteiger partial charge on any atom is -0.341 e. The molecule has 0 spiro atoms. The number of aromatic nitrogens is 7. The highest BCUT2D eigenvalue weighted by Crippen LogP contribution is 2.25. The van der Waals surface area contributed by atoms with E-state index in [0.717, 1.165) is 17.6 Å². The first kappa shape index (κ1) is 25.7. The van der Waals surface area contributed by atoms with Crippen molar-refractivity contribution in [2.24, 2.45) is 0 Å². The average Bonchev–Trinajstić information content (AvgIpc) is 3.51. The molecule has 4 aromatic heterocycles. The maximum atomic E-state index is 13.2.